The third-order valence-electron chi connectivity index (χ3n) is 4.28. The van der Waals surface area contributed by atoms with Crippen LogP contribution in [0.15, 0.2) is 24.3 Å². The summed E-state index contributed by atoms with van der Waals surface area (Å²) in [6.07, 6.45) is 4.25. The minimum absolute atomic E-state index is 0. The minimum atomic E-state index is -0.816. The van der Waals surface area contributed by atoms with E-state index in [4.69, 9.17) is 15.6 Å². The molecule has 5 nitrogen and oxygen atoms in total. The van der Waals surface area contributed by atoms with E-state index in [1.807, 2.05) is 0 Å². The number of benzene rings is 1. The molecule has 0 spiro atoms. The normalized spacial score (nSPS) is 20.4. The Balaban J connectivity index is 0.00000264. The van der Waals surface area contributed by atoms with E-state index in [0.29, 0.717) is 24.6 Å². The van der Waals surface area contributed by atoms with E-state index < -0.39 is 5.97 Å². The summed E-state index contributed by atoms with van der Waals surface area (Å²) in [6.45, 7) is 0.694. The molecule has 0 aliphatic heterocycles. The molecule has 3 N–H and O–H groups in total. The summed E-state index contributed by atoms with van der Waals surface area (Å²) in [5, 5.41) is 8.65. The highest BCUT2D eigenvalue weighted by molar-refractivity contribution is 5.75. The Labute approximate surface area is 141 Å². The smallest absolute Gasteiger partial charge is 0.314 e. The Bertz CT molecular complexity index is 510. The molecule has 2 rings (SSSR count). The number of carbonyl (C=O) groups is 2. The van der Waals surface area contributed by atoms with Gasteiger partial charge >= 0.3 is 11.9 Å². The summed E-state index contributed by atoms with van der Waals surface area (Å²) in [6, 6.07) is 7.05. The van der Waals surface area contributed by atoms with Crippen LogP contribution < -0.4 is 10.5 Å². The van der Waals surface area contributed by atoms with Gasteiger partial charge in [0.2, 0.25) is 0 Å². The zero-order valence-electron chi connectivity index (χ0n) is 12.7. The molecule has 0 heterocycles. The second kappa shape index (κ2) is 9.47. The van der Waals surface area contributed by atoms with Crippen LogP contribution in [0.5, 0.6) is 5.75 Å². The maximum Gasteiger partial charge on any atom is 0.314 e. The highest BCUT2D eigenvalue weighted by atomic mass is 28.1. The van der Waals surface area contributed by atoms with Gasteiger partial charge in [0.25, 0.3) is 0 Å². The summed E-state index contributed by atoms with van der Waals surface area (Å²) >= 11 is 0. The van der Waals surface area contributed by atoms with Gasteiger partial charge in [0, 0.05) is 6.42 Å². The molecule has 0 amide bonds. The Kier molecular flexibility index (Phi) is 7.98. The fourth-order valence-corrected chi connectivity index (χ4v) is 2.81. The van der Waals surface area contributed by atoms with Gasteiger partial charge in [0.15, 0.2) is 0 Å². The molecule has 1 aromatic rings. The van der Waals surface area contributed by atoms with Crippen LogP contribution in [0.3, 0.4) is 0 Å². The molecule has 0 atom stereocenters. The van der Waals surface area contributed by atoms with E-state index in [9.17, 15) is 9.59 Å². The molecule has 1 fully saturated rings. The average Bonchev–Trinajstić information content (AvgIpc) is 2.54. The first-order chi connectivity index (χ1) is 10.6. The molecule has 0 radical (unpaired) electrons. The van der Waals surface area contributed by atoms with Gasteiger partial charge in [-0.1, -0.05) is 12.1 Å². The van der Waals surface area contributed by atoms with Gasteiger partial charge < -0.3 is 15.6 Å². The largest absolute Gasteiger partial charge is 0.481 e. The summed E-state index contributed by atoms with van der Waals surface area (Å²) in [5.74, 6) is 0.0365. The van der Waals surface area contributed by atoms with Crippen molar-refractivity contribution in [2.45, 2.75) is 38.5 Å². The standard InChI is InChI=1S/C17H23NO4.H4Si/c18-11-13-1-6-14(7-2-13)17(21)22-15-8-3-12(4-9-15)5-10-16(19)20;/h3-4,8-9,13-14H,1-2,5-7,10-11,18H2,(H,19,20);1H4. The number of carboxylic acids is 1. The molecule has 1 aliphatic rings. The topological polar surface area (TPSA) is 89.6 Å². The van der Waals surface area contributed by atoms with E-state index >= 15 is 0 Å². The number of hydrogen-bond acceptors (Lipinski definition) is 4. The lowest BCUT2D eigenvalue weighted by Crippen LogP contribution is -2.28. The van der Waals surface area contributed by atoms with Crippen molar-refractivity contribution in [2.75, 3.05) is 6.54 Å². The van der Waals surface area contributed by atoms with Crippen molar-refractivity contribution in [2.24, 2.45) is 17.6 Å². The van der Waals surface area contributed by atoms with Gasteiger partial charge in [-0.05, 0) is 73.2 Å². The van der Waals surface area contributed by atoms with E-state index in [1.165, 1.54) is 0 Å². The van der Waals surface area contributed by atoms with Crippen LogP contribution >= 0.6 is 0 Å². The van der Waals surface area contributed by atoms with Crippen LogP contribution in [0, 0.1) is 11.8 Å². The number of carbonyl (C=O) groups excluding carboxylic acids is 1. The van der Waals surface area contributed by atoms with Crippen molar-refractivity contribution >= 4 is 22.9 Å². The maximum absolute atomic E-state index is 12.1. The van der Waals surface area contributed by atoms with Crippen LogP contribution in [0.25, 0.3) is 0 Å². The molecule has 1 saturated carbocycles. The molecule has 128 valence electrons. The van der Waals surface area contributed by atoms with Gasteiger partial charge in [-0.2, -0.15) is 0 Å². The molecular weight excluding hydrogens is 310 g/mol. The van der Waals surface area contributed by atoms with Crippen LogP contribution in [0.2, 0.25) is 0 Å². The summed E-state index contributed by atoms with van der Waals surface area (Å²) < 4.78 is 5.42. The maximum atomic E-state index is 12.1. The van der Waals surface area contributed by atoms with Gasteiger partial charge in [0.1, 0.15) is 5.75 Å². The van der Waals surface area contributed by atoms with Crippen LogP contribution in [-0.2, 0) is 16.0 Å². The number of rotatable bonds is 6. The van der Waals surface area contributed by atoms with Crippen molar-refractivity contribution in [3.8, 4) is 5.75 Å². The molecule has 0 unspecified atom stereocenters. The highest BCUT2D eigenvalue weighted by Gasteiger charge is 2.27. The van der Waals surface area contributed by atoms with E-state index in [0.717, 1.165) is 31.2 Å². The summed E-state index contributed by atoms with van der Waals surface area (Å²) in [7, 11) is 0. The quantitative estimate of drug-likeness (QED) is 0.458. The van der Waals surface area contributed by atoms with Crippen molar-refractivity contribution in [1.82, 2.24) is 0 Å². The van der Waals surface area contributed by atoms with Gasteiger partial charge in [-0.25, -0.2) is 0 Å². The lowest BCUT2D eigenvalue weighted by Gasteiger charge is -2.26. The third kappa shape index (κ3) is 6.15. The van der Waals surface area contributed by atoms with Crippen molar-refractivity contribution in [1.29, 1.82) is 0 Å². The number of hydrogen-bond donors (Lipinski definition) is 2. The first-order valence-electron chi connectivity index (χ1n) is 7.81. The van der Waals surface area contributed by atoms with Crippen molar-refractivity contribution < 1.29 is 19.4 Å². The molecule has 0 aromatic heterocycles. The van der Waals surface area contributed by atoms with Crippen LogP contribution in [-0.4, -0.2) is 34.6 Å². The molecule has 23 heavy (non-hydrogen) atoms. The number of aliphatic carboxylic acids is 1. The predicted octanol–water partition coefficient (Wildman–Crippen LogP) is 0.923. The predicted molar refractivity (Wildman–Crippen MR) is 93.9 cm³/mol. The molecule has 0 bridgehead atoms. The molecule has 1 aliphatic carbocycles. The SMILES string of the molecule is NCC1CCC(C(=O)Oc2ccc(CCC(=O)O)cc2)CC1.[SiH4]. The summed E-state index contributed by atoms with van der Waals surface area (Å²) in [4.78, 5) is 22.7. The number of esters is 1. The minimum Gasteiger partial charge on any atom is -0.481 e. The van der Waals surface area contributed by atoms with Gasteiger partial charge in [0.05, 0.1) is 5.92 Å². The Hall–Kier alpha value is -1.66. The fraction of sp³-hybridized carbons (Fsp3) is 0.529. The third-order valence-corrected chi connectivity index (χ3v) is 4.28. The number of nitrogens with two attached hydrogens (primary N) is 1. The lowest BCUT2D eigenvalue weighted by atomic mass is 9.82. The molecule has 6 heteroatoms. The van der Waals surface area contributed by atoms with E-state index in [2.05, 4.69) is 0 Å². The zero-order chi connectivity index (χ0) is 15.9. The molecular formula is C17H27NO4Si. The highest BCUT2D eigenvalue weighted by Crippen LogP contribution is 2.29. The number of carboxylic acid groups (broad SMARTS) is 1. The second-order valence-electron chi connectivity index (χ2n) is 5.91. The van der Waals surface area contributed by atoms with Crippen LogP contribution in [0.1, 0.15) is 37.7 Å². The first kappa shape index (κ1) is 19.4. The van der Waals surface area contributed by atoms with Gasteiger partial charge in [-0.3, -0.25) is 9.59 Å². The number of aryl methyl sites for hydroxylation is 1. The Morgan fingerprint density at radius 2 is 1.74 bits per heavy atom. The molecule has 1 aromatic carbocycles. The van der Waals surface area contributed by atoms with Crippen LogP contribution in [0.4, 0.5) is 0 Å². The zero-order valence-corrected chi connectivity index (χ0v) is 12.7. The van der Waals surface area contributed by atoms with Gasteiger partial charge in [-0.15, -0.1) is 0 Å². The van der Waals surface area contributed by atoms with E-state index in [1.54, 1.807) is 24.3 Å². The Morgan fingerprint density at radius 1 is 1.13 bits per heavy atom. The van der Waals surface area contributed by atoms with Crippen molar-refractivity contribution in [3.63, 3.8) is 0 Å². The number of ether oxygens (including phenoxy) is 1. The lowest BCUT2D eigenvalue weighted by molar-refractivity contribution is -0.140. The Morgan fingerprint density at radius 3 is 2.26 bits per heavy atom. The monoisotopic (exact) mass is 337 g/mol. The average molecular weight is 337 g/mol. The second-order valence-corrected chi connectivity index (χ2v) is 5.91. The van der Waals surface area contributed by atoms with E-state index in [-0.39, 0.29) is 29.3 Å². The molecule has 0 saturated heterocycles. The first-order valence-corrected chi connectivity index (χ1v) is 7.81. The fourth-order valence-electron chi connectivity index (χ4n) is 2.81. The summed E-state index contributed by atoms with van der Waals surface area (Å²) in [5.41, 5.74) is 6.57. The van der Waals surface area contributed by atoms with Crippen molar-refractivity contribution in [3.05, 3.63) is 29.8 Å².